The van der Waals surface area contributed by atoms with Gasteiger partial charge in [0, 0.05) is 12.5 Å². The first-order valence-electron chi connectivity index (χ1n) is 6.05. The van der Waals surface area contributed by atoms with E-state index >= 15 is 0 Å². The van der Waals surface area contributed by atoms with E-state index in [1.807, 2.05) is 0 Å². The molecule has 0 spiro atoms. The van der Waals surface area contributed by atoms with Crippen LogP contribution in [0.5, 0.6) is 0 Å². The number of aromatic nitrogens is 2. The Balaban J connectivity index is 1.83. The number of hydrogen-bond acceptors (Lipinski definition) is 5. The molecule has 1 N–H and O–H groups in total. The summed E-state index contributed by atoms with van der Waals surface area (Å²) in [4.78, 5) is 2.38. The number of anilines is 1. The van der Waals surface area contributed by atoms with Gasteiger partial charge in [-0.15, -0.1) is 10.2 Å². The van der Waals surface area contributed by atoms with Gasteiger partial charge in [0.15, 0.2) is 0 Å². The van der Waals surface area contributed by atoms with E-state index in [1.165, 1.54) is 25.9 Å². The fourth-order valence-electron chi connectivity index (χ4n) is 1.95. The number of nitrogens with one attached hydrogen (secondary N) is 1. The van der Waals surface area contributed by atoms with Crippen molar-refractivity contribution in [1.82, 2.24) is 15.1 Å². The molecule has 0 unspecified atom stereocenters. The Morgan fingerprint density at radius 3 is 2.81 bits per heavy atom. The van der Waals surface area contributed by atoms with Gasteiger partial charge in [-0.1, -0.05) is 18.3 Å². The number of aryl methyl sites for hydroxylation is 1. The van der Waals surface area contributed by atoms with Crippen molar-refractivity contribution in [2.45, 2.75) is 38.6 Å². The summed E-state index contributed by atoms with van der Waals surface area (Å²) in [6, 6.07) is 0.582. The first-order valence-corrected chi connectivity index (χ1v) is 6.87. The van der Waals surface area contributed by atoms with Crippen molar-refractivity contribution >= 4 is 16.5 Å². The lowest BCUT2D eigenvalue weighted by atomic mass is 10.1. The summed E-state index contributed by atoms with van der Waals surface area (Å²) in [5.41, 5.74) is 0. The number of nitrogens with zero attached hydrogens (tertiary/aromatic N) is 3. The van der Waals surface area contributed by atoms with Crippen LogP contribution in [0, 0.1) is 0 Å². The van der Waals surface area contributed by atoms with Crippen LogP contribution in [0.3, 0.4) is 0 Å². The monoisotopic (exact) mass is 240 g/mol. The van der Waals surface area contributed by atoms with Gasteiger partial charge >= 0.3 is 0 Å². The molecule has 2 rings (SSSR count). The standard InChI is InChI=1S/C11H20N4S/c1-3-4-10-13-14-11(16-10)12-9-5-7-15(2)8-6-9/h9H,3-8H2,1-2H3,(H,12,14). The minimum Gasteiger partial charge on any atom is -0.357 e. The highest BCUT2D eigenvalue weighted by Crippen LogP contribution is 2.20. The van der Waals surface area contributed by atoms with Gasteiger partial charge in [0.05, 0.1) is 0 Å². The Bertz CT molecular complexity index is 318. The van der Waals surface area contributed by atoms with E-state index in [9.17, 15) is 0 Å². The van der Waals surface area contributed by atoms with Crippen LogP contribution < -0.4 is 5.32 Å². The Morgan fingerprint density at radius 1 is 1.38 bits per heavy atom. The van der Waals surface area contributed by atoms with Gasteiger partial charge in [-0.25, -0.2) is 0 Å². The van der Waals surface area contributed by atoms with Gasteiger partial charge in [0.2, 0.25) is 5.13 Å². The molecule has 0 amide bonds. The van der Waals surface area contributed by atoms with Crippen molar-refractivity contribution in [2.75, 3.05) is 25.5 Å². The fraction of sp³-hybridized carbons (Fsp3) is 0.818. The van der Waals surface area contributed by atoms with Crippen LogP contribution in [0.4, 0.5) is 5.13 Å². The van der Waals surface area contributed by atoms with E-state index in [4.69, 9.17) is 0 Å². The van der Waals surface area contributed by atoms with Gasteiger partial charge < -0.3 is 10.2 Å². The van der Waals surface area contributed by atoms with Crippen molar-refractivity contribution in [3.63, 3.8) is 0 Å². The van der Waals surface area contributed by atoms with Crippen LogP contribution in [-0.4, -0.2) is 41.3 Å². The largest absolute Gasteiger partial charge is 0.357 e. The third-order valence-electron chi connectivity index (χ3n) is 2.98. The zero-order valence-corrected chi connectivity index (χ0v) is 10.9. The maximum Gasteiger partial charge on any atom is 0.205 e. The average Bonchev–Trinajstić information content (AvgIpc) is 2.70. The lowest BCUT2D eigenvalue weighted by Crippen LogP contribution is -2.36. The molecule has 1 fully saturated rings. The summed E-state index contributed by atoms with van der Waals surface area (Å²) in [6.07, 6.45) is 4.61. The van der Waals surface area contributed by atoms with Crippen molar-refractivity contribution < 1.29 is 0 Å². The molecule has 0 radical (unpaired) electrons. The molecule has 90 valence electrons. The predicted octanol–water partition coefficient (Wildman–Crippen LogP) is 2.00. The van der Waals surface area contributed by atoms with Crippen LogP contribution in [-0.2, 0) is 6.42 Å². The number of likely N-dealkylation sites (tertiary alicyclic amines) is 1. The molecule has 1 saturated heterocycles. The Morgan fingerprint density at radius 2 is 2.12 bits per heavy atom. The lowest BCUT2D eigenvalue weighted by Gasteiger charge is -2.29. The molecular weight excluding hydrogens is 220 g/mol. The Kier molecular flexibility index (Phi) is 4.12. The fourth-order valence-corrected chi connectivity index (χ4v) is 2.87. The summed E-state index contributed by atoms with van der Waals surface area (Å²) >= 11 is 1.70. The number of piperidine rings is 1. The van der Waals surface area contributed by atoms with Crippen LogP contribution in [0.15, 0.2) is 0 Å². The van der Waals surface area contributed by atoms with Crippen molar-refractivity contribution in [1.29, 1.82) is 0 Å². The number of rotatable bonds is 4. The van der Waals surface area contributed by atoms with E-state index in [0.717, 1.165) is 23.0 Å². The summed E-state index contributed by atoms with van der Waals surface area (Å²) in [5, 5.41) is 14.0. The molecule has 0 atom stereocenters. The van der Waals surface area contributed by atoms with Gasteiger partial charge in [0.25, 0.3) is 0 Å². The third-order valence-corrected chi connectivity index (χ3v) is 3.89. The van der Waals surface area contributed by atoms with Gasteiger partial charge in [-0.3, -0.25) is 0 Å². The second-order valence-corrected chi connectivity index (χ2v) is 5.53. The summed E-state index contributed by atoms with van der Waals surface area (Å²) < 4.78 is 0. The Labute approximate surface area is 101 Å². The quantitative estimate of drug-likeness (QED) is 0.874. The molecule has 4 nitrogen and oxygen atoms in total. The van der Waals surface area contributed by atoms with Crippen molar-refractivity contribution in [2.24, 2.45) is 0 Å². The lowest BCUT2D eigenvalue weighted by molar-refractivity contribution is 0.264. The first-order chi connectivity index (χ1) is 7.78. The normalized spacial score (nSPS) is 18.9. The third kappa shape index (κ3) is 3.15. The second-order valence-electron chi connectivity index (χ2n) is 4.47. The molecule has 0 bridgehead atoms. The summed E-state index contributed by atoms with van der Waals surface area (Å²) in [6.45, 7) is 4.53. The smallest absolute Gasteiger partial charge is 0.205 e. The highest BCUT2D eigenvalue weighted by atomic mass is 32.1. The molecular formula is C11H20N4S. The van der Waals surface area contributed by atoms with E-state index in [0.29, 0.717) is 6.04 Å². The average molecular weight is 240 g/mol. The zero-order chi connectivity index (χ0) is 11.4. The molecule has 1 aromatic rings. The van der Waals surface area contributed by atoms with E-state index in [1.54, 1.807) is 11.3 Å². The molecule has 0 saturated carbocycles. The molecule has 16 heavy (non-hydrogen) atoms. The topological polar surface area (TPSA) is 41.1 Å². The zero-order valence-electron chi connectivity index (χ0n) is 10.1. The predicted molar refractivity (Wildman–Crippen MR) is 68.0 cm³/mol. The minimum atomic E-state index is 0.582. The van der Waals surface area contributed by atoms with Gasteiger partial charge in [-0.05, 0) is 39.4 Å². The van der Waals surface area contributed by atoms with Crippen molar-refractivity contribution in [3.8, 4) is 0 Å². The summed E-state index contributed by atoms with van der Waals surface area (Å²) in [7, 11) is 2.18. The second kappa shape index (κ2) is 5.59. The first kappa shape index (κ1) is 11.8. The number of hydrogen-bond donors (Lipinski definition) is 1. The van der Waals surface area contributed by atoms with Crippen molar-refractivity contribution in [3.05, 3.63) is 5.01 Å². The molecule has 0 aliphatic carbocycles. The molecule has 1 aliphatic heterocycles. The molecule has 5 heteroatoms. The minimum absolute atomic E-state index is 0.582. The van der Waals surface area contributed by atoms with Crippen LogP contribution in [0.2, 0.25) is 0 Å². The SMILES string of the molecule is CCCc1nnc(NC2CCN(C)CC2)s1. The highest BCUT2D eigenvalue weighted by molar-refractivity contribution is 7.15. The van der Waals surface area contributed by atoms with Gasteiger partial charge in [-0.2, -0.15) is 0 Å². The van der Waals surface area contributed by atoms with Crippen LogP contribution in [0.25, 0.3) is 0 Å². The maximum absolute atomic E-state index is 4.19. The van der Waals surface area contributed by atoms with Crippen LogP contribution >= 0.6 is 11.3 Å². The molecule has 1 aromatic heterocycles. The highest BCUT2D eigenvalue weighted by Gasteiger charge is 2.17. The maximum atomic E-state index is 4.19. The van der Waals surface area contributed by atoms with E-state index in [-0.39, 0.29) is 0 Å². The van der Waals surface area contributed by atoms with E-state index in [2.05, 4.69) is 34.4 Å². The summed E-state index contributed by atoms with van der Waals surface area (Å²) in [5.74, 6) is 0. The molecule has 2 heterocycles. The molecule has 1 aliphatic rings. The Hall–Kier alpha value is -0.680. The van der Waals surface area contributed by atoms with Crippen LogP contribution in [0.1, 0.15) is 31.2 Å². The van der Waals surface area contributed by atoms with Gasteiger partial charge in [0.1, 0.15) is 5.01 Å². The molecule has 0 aromatic carbocycles. The van der Waals surface area contributed by atoms with E-state index < -0.39 is 0 Å².